The van der Waals surface area contributed by atoms with Crippen LogP contribution in [0, 0.1) is 0 Å². The molecule has 2 aromatic carbocycles. The number of benzene rings is 2. The number of rotatable bonds is 2. The third kappa shape index (κ3) is 2.14. The van der Waals surface area contributed by atoms with Crippen molar-refractivity contribution in [3.63, 3.8) is 0 Å². The van der Waals surface area contributed by atoms with Crippen molar-refractivity contribution < 1.29 is 0 Å². The zero-order valence-electron chi connectivity index (χ0n) is 13.7. The molecule has 4 aromatic rings. The van der Waals surface area contributed by atoms with Gasteiger partial charge in [-0.2, -0.15) is 0 Å². The summed E-state index contributed by atoms with van der Waals surface area (Å²) in [4.78, 5) is 17.8. The Morgan fingerprint density at radius 1 is 0.880 bits per heavy atom. The predicted octanol–water partition coefficient (Wildman–Crippen LogP) is 3.85. The van der Waals surface area contributed by atoms with Gasteiger partial charge in [0, 0.05) is 11.1 Å². The van der Waals surface area contributed by atoms with Gasteiger partial charge in [0.2, 0.25) is 0 Å². The van der Waals surface area contributed by atoms with Crippen LogP contribution in [0.1, 0.15) is 17.7 Å². The van der Waals surface area contributed by atoms with Gasteiger partial charge in [-0.25, -0.2) is 9.50 Å². The van der Waals surface area contributed by atoms with Gasteiger partial charge in [0.15, 0.2) is 5.65 Å². The topological polar surface area (TPSA) is 50.2 Å². The summed E-state index contributed by atoms with van der Waals surface area (Å²) < 4.78 is 1.62. The van der Waals surface area contributed by atoms with Crippen LogP contribution in [0.3, 0.4) is 0 Å². The summed E-state index contributed by atoms with van der Waals surface area (Å²) in [5.41, 5.74) is 6.60. The minimum absolute atomic E-state index is 0.0388. The van der Waals surface area contributed by atoms with Crippen molar-refractivity contribution in [3.8, 4) is 22.4 Å². The van der Waals surface area contributed by atoms with E-state index in [1.807, 2.05) is 36.4 Å². The average molecular weight is 327 g/mol. The summed E-state index contributed by atoms with van der Waals surface area (Å²) in [6.07, 6.45) is 2.72. The first-order chi connectivity index (χ1) is 12.3. The fourth-order valence-corrected chi connectivity index (χ4v) is 3.73. The van der Waals surface area contributed by atoms with Gasteiger partial charge in [0.1, 0.15) is 0 Å². The van der Waals surface area contributed by atoms with Crippen LogP contribution in [-0.2, 0) is 12.8 Å². The molecule has 4 nitrogen and oxygen atoms in total. The highest BCUT2D eigenvalue weighted by atomic mass is 16.1. The van der Waals surface area contributed by atoms with Gasteiger partial charge in [-0.15, -0.1) is 0 Å². The van der Waals surface area contributed by atoms with Gasteiger partial charge in [0.25, 0.3) is 5.56 Å². The standard InChI is InChI=1S/C21H17N3O/c25-21-16-12-7-13-17(16)22-20-18(14-8-3-1-4-9-14)19(23-24(20)21)15-10-5-2-6-11-15/h1-6,8-11,23H,7,12-13H2. The lowest BCUT2D eigenvalue weighted by molar-refractivity contribution is 0.873. The van der Waals surface area contributed by atoms with E-state index in [4.69, 9.17) is 4.98 Å². The molecule has 25 heavy (non-hydrogen) atoms. The monoisotopic (exact) mass is 327 g/mol. The minimum Gasteiger partial charge on any atom is -0.288 e. The van der Waals surface area contributed by atoms with Crippen LogP contribution in [-0.4, -0.2) is 14.6 Å². The van der Waals surface area contributed by atoms with Crippen LogP contribution in [0.2, 0.25) is 0 Å². The molecule has 1 N–H and O–H groups in total. The Morgan fingerprint density at radius 2 is 1.56 bits per heavy atom. The normalized spacial score (nSPS) is 13.3. The van der Waals surface area contributed by atoms with Crippen molar-refractivity contribution in [2.75, 3.05) is 0 Å². The van der Waals surface area contributed by atoms with E-state index in [2.05, 4.69) is 29.4 Å². The molecule has 0 fully saturated rings. The molecule has 5 rings (SSSR count). The highest BCUT2D eigenvalue weighted by Gasteiger charge is 2.23. The Hall–Kier alpha value is -3.14. The zero-order valence-corrected chi connectivity index (χ0v) is 13.7. The number of aromatic nitrogens is 3. The number of aryl methyl sites for hydroxylation is 1. The minimum atomic E-state index is 0.0388. The van der Waals surface area contributed by atoms with Crippen LogP contribution in [0.25, 0.3) is 28.0 Å². The number of hydrogen-bond donors (Lipinski definition) is 1. The number of hydrogen-bond acceptors (Lipinski definition) is 2. The lowest BCUT2D eigenvalue weighted by atomic mass is 10.0. The Morgan fingerprint density at radius 3 is 2.28 bits per heavy atom. The smallest absolute Gasteiger partial charge is 0.276 e. The summed E-state index contributed by atoms with van der Waals surface area (Å²) in [5.74, 6) is 0. The molecule has 4 heteroatoms. The molecule has 0 unspecified atom stereocenters. The molecule has 0 radical (unpaired) electrons. The Bertz CT molecular complexity index is 1120. The van der Waals surface area contributed by atoms with Crippen LogP contribution < -0.4 is 5.56 Å². The molecular weight excluding hydrogens is 310 g/mol. The Balaban J connectivity index is 1.91. The molecule has 1 aliphatic carbocycles. The fraction of sp³-hybridized carbons (Fsp3) is 0.143. The van der Waals surface area contributed by atoms with Crippen molar-refractivity contribution >= 4 is 5.65 Å². The molecule has 1 aliphatic rings. The van der Waals surface area contributed by atoms with E-state index in [9.17, 15) is 4.79 Å². The van der Waals surface area contributed by atoms with Crippen LogP contribution >= 0.6 is 0 Å². The van der Waals surface area contributed by atoms with E-state index < -0.39 is 0 Å². The first kappa shape index (κ1) is 14.2. The first-order valence-corrected chi connectivity index (χ1v) is 8.60. The van der Waals surface area contributed by atoms with Gasteiger partial charge in [-0.3, -0.25) is 9.89 Å². The second kappa shape index (κ2) is 5.45. The molecule has 2 heterocycles. The third-order valence-corrected chi connectivity index (χ3v) is 4.92. The molecule has 0 atom stereocenters. The van der Waals surface area contributed by atoms with Crippen LogP contribution in [0.5, 0.6) is 0 Å². The number of fused-ring (bicyclic) bond motifs is 2. The summed E-state index contributed by atoms with van der Waals surface area (Å²) >= 11 is 0. The molecule has 0 saturated heterocycles. The fourth-order valence-electron chi connectivity index (χ4n) is 3.73. The van der Waals surface area contributed by atoms with E-state index >= 15 is 0 Å². The van der Waals surface area contributed by atoms with Crippen molar-refractivity contribution in [1.29, 1.82) is 0 Å². The number of aromatic amines is 1. The quantitative estimate of drug-likeness (QED) is 0.608. The van der Waals surface area contributed by atoms with Gasteiger partial charge in [0.05, 0.1) is 17.0 Å². The van der Waals surface area contributed by atoms with Gasteiger partial charge >= 0.3 is 0 Å². The van der Waals surface area contributed by atoms with Crippen LogP contribution in [0.15, 0.2) is 65.5 Å². The SMILES string of the molecule is O=c1c2c(nc3c(-c4ccccc4)c(-c4ccccc4)[nH]n13)CCC2. The van der Waals surface area contributed by atoms with Gasteiger partial charge in [-0.05, 0) is 24.8 Å². The summed E-state index contributed by atoms with van der Waals surface area (Å²) in [5, 5.41) is 3.32. The molecule has 0 bridgehead atoms. The van der Waals surface area contributed by atoms with Gasteiger partial charge in [-0.1, -0.05) is 60.7 Å². The zero-order chi connectivity index (χ0) is 16.8. The van der Waals surface area contributed by atoms with Gasteiger partial charge < -0.3 is 0 Å². The summed E-state index contributed by atoms with van der Waals surface area (Å²) in [7, 11) is 0. The van der Waals surface area contributed by atoms with Crippen molar-refractivity contribution in [1.82, 2.24) is 14.6 Å². The molecule has 0 amide bonds. The van der Waals surface area contributed by atoms with E-state index in [1.165, 1.54) is 0 Å². The Kier molecular flexibility index (Phi) is 3.10. The van der Waals surface area contributed by atoms with Crippen molar-refractivity contribution in [3.05, 3.63) is 82.3 Å². The summed E-state index contributed by atoms with van der Waals surface area (Å²) in [6.45, 7) is 0. The van der Waals surface area contributed by atoms with E-state index in [0.717, 1.165) is 58.6 Å². The van der Waals surface area contributed by atoms with Crippen LogP contribution in [0.4, 0.5) is 0 Å². The lowest BCUT2D eigenvalue weighted by Gasteiger charge is -2.04. The second-order valence-corrected chi connectivity index (χ2v) is 6.45. The highest BCUT2D eigenvalue weighted by Crippen LogP contribution is 2.34. The maximum Gasteiger partial charge on any atom is 0.276 e. The maximum atomic E-state index is 12.9. The number of H-pyrrole nitrogens is 1. The molecule has 0 aliphatic heterocycles. The lowest BCUT2D eigenvalue weighted by Crippen LogP contribution is -2.20. The average Bonchev–Trinajstić information content (AvgIpc) is 3.28. The van der Waals surface area contributed by atoms with E-state index in [0.29, 0.717) is 0 Å². The largest absolute Gasteiger partial charge is 0.288 e. The van der Waals surface area contributed by atoms with E-state index in [1.54, 1.807) is 4.52 Å². The molecule has 2 aromatic heterocycles. The molecular formula is C21H17N3O. The summed E-state index contributed by atoms with van der Waals surface area (Å²) in [6, 6.07) is 20.3. The second-order valence-electron chi connectivity index (χ2n) is 6.45. The molecule has 0 saturated carbocycles. The van der Waals surface area contributed by atoms with Crippen molar-refractivity contribution in [2.45, 2.75) is 19.3 Å². The predicted molar refractivity (Wildman–Crippen MR) is 98.7 cm³/mol. The maximum absolute atomic E-state index is 12.9. The van der Waals surface area contributed by atoms with E-state index in [-0.39, 0.29) is 5.56 Å². The third-order valence-electron chi connectivity index (χ3n) is 4.92. The number of nitrogens with zero attached hydrogens (tertiary/aromatic N) is 2. The number of nitrogens with one attached hydrogen (secondary N) is 1. The molecule has 122 valence electrons. The van der Waals surface area contributed by atoms with Crippen molar-refractivity contribution in [2.24, 2.45) is 0 Å². The Labute approximate surface area is 144 Å². The molecule has 0 spiro atoms. The highest BCUT2D eigenvalue weighted by molar-refractivity contribution is 5.90. The first-order valence-electron chi connectivity index (χ1n) is 8.60.